The lowest BCUT2D eigenvalue weighted by Gasteiger charge is -2.08. The molecule has 0 fully saturated rings. The third-order valence-electron chi connectivity index (χ3n) is 3.23. The van der Waals surface area contributed by atoms with Gasteiger partial charge in [-0.05, 0) is 18.6 Å². The lowest BCUT2D eigenvalue weighted by atomic mass is 10.1. The van der Waals surface area contributed by atoms with E-state index in [4.69, 9.17) is 15.5 Å². The van der Waals surface area contributed by atoms with Crippen LogP contribution in [0.1, 0.15) is 19.2 Å². The van der Waals surface area contributed by atoms with Crippen molar-refractivity contribution < 1.29 is 4.74 Å². The number of nitrogens with two attached hydrogens (primary N) is 1. The zero-order valence-electron chi connectivity index (χ0n) is 12.1. The predicted octanol–water partition coefficient (Wildman–Crippen LogP) is 3.28. The van der Waals surface area contributed by atoms with Gasteiger partial charge in [0.05, 0.1) is 7.11 Å². The van der Waals surface area contributed by atoms with Gasteiger partial charge in [0.1, 0.15) is 23.1 Å². The van der Waals surface area contributed by atoms with Gasteiger partial charge in [0.25, 0.3) is 0 Å². The minimum absolute atomic E-state index is 0.665. The fourth-order valence-corrected chi connectivity index (χ4v) is 2.30. The van der Waals surface area contributed by atoms with Gasteiger partial charge in [0.15, 0.2) is 0 Å². The average molecular weight is 271 g/mol. The summed E-state index contributed by atoms with van der Waals surface area (Å²) in [5.74, 6) is 2.44. The van der Waals surface area contributed by atoms with Crippen molar-refractivity contribution in [2.75, 3.05) is 12.8 Å². The SMILES string of the molecule is C=CCn1c(CCC)nc(-c2ccccc2OC)c1N. The van der Waals surface area contributed by atoms with Crippen LogP contribution in [0.4, 0.5) is 5.82 Å². The number of ether oxygens (including phenoxy) is 1. The van der Waals surface area contributed by atoms with E-state index in [0.717, 1.165) is 35.7 Å². The van der Waals surface area contributed by atoms with Crippen LogP contribution in [0.25, 0.3) is 11.3 Å². The molecule has 106 valence electrons. The first-order chi connectivity index (χ1) is 9.72. The molecule has 1 aromatic carbocycles. The molecule has 0 amide bonds. The Morgan fingerprint density at radius 2 is 2.15 bits per heavy atom. The molecule has 2 N–H and O–H groups in total. The summed E-state index contributed by atoms with van der Waals surface area (Å²) in [7, 11) is 1.66. The van der Waals surface area contributed by atoms with Gasteiger partial charge in [-0.15, -0.1) is 6.58 Å². The summed E-state index contributed by atoms with van der Waals surface area (Å²) < 4.78 is 7.41. The van der Waals surface area contributed by atoms with Crippen LogP contribution in [0.5, 0.6) is 5.75 Å². The number of hydrogen-bond acceptors (Lipinski definition) is 3. The Balaban J connectivity index is 2.56. The van der Waals surface area contributed by atoms with E-state index < -0.39 is 0 Å². The monoisotopic (exact) mass is 271 g/mol. The van der Waals surface area contributed by atoms with Crippen molar-refractivity contribution in [3.05, 3.63) is 42.7 Å². The van der Waals surface area contributed by atoms with Gasteiger partial charge in [-0.25, -0.2) is 4.98 Å². The van der Waals surface area contributed by atoms with Crippen molar-refractivity contribution in [2.45, 2.75) is 26.3 Å². The Bertz CT molecular complexity index is 602. The van der Waals surface area contributed by atoms with Crippen LogP contribution in [-0.2, 0) is 13.0 Å². The molecule has 0 aliphatic heterocycles. The number of nitrogen functional groups attached to an aromatic ring is 1. The minimum atomic E-state index is 0.665. The summed E-state index contributed by atoms with van der Waals surface area (Å²) >= 11 is 0. The summed E-state index contributed by atoms with van der Waals surface area (Å²) in [5.41, 5.74) is 7.98. The average Bonchev–Trinajstić information content (AvgIpc) is 2.77. The molecule has 2 aromatic rings. The van der Waals surface area contributed by atoms with Crippen molar-refractivity contribution in [3.8, 4) is 17.0 Å². The largest absolute Gasteiger partial charge is 0.496 e. The number of para-hydroxylation sites is 1. The molecule has 1 aromatic heterocycles. The molecule has 0 aliphatic rings. The molecular formula is C16H21N3O. The van der Waals surface area contributed by atoms with Crippen LogP contribution in [0, 0.1) is 0 Å². The molecule has 1 heterocycles. The van der Waals surface area contributed by atoms with Gasteiger partial charge in [0.2, 0.25) is 0 Å². The summed E-state index contributed by atoms with van der Waals surface area (Å²) in [6.45, 7) is 6.59. The van der Waals surface area contributed by atoms with E-state index in [1.807, 2.05) is 34.9 Å². The maximum absolute atomic E-state index is 6.27. The number of imidazole rings is 1. The van der Waals surface area contributed by atoms with E-state index >= 15 is 0 Å². The standard InChI is InChI=1S/C16H21N3O/c1-4-8-14-18-15(16(17)19(14)11-5-2)12-9-6-7-10-13(12)20-3/h5-7,9-10H,2,4,8,11,17H2,1,3H3. The molecular weight excluding hydrogens is 250 g/mol. The quantitative estimate of drug-likeness (QED) is 0.820. The number of aromatic nitrogens is 2. The number of hydrogen-bond donors (Lipinski definition) is 1. The number of methoxy groups -OCH3 is 1. The molecule has 0 unspecified atom stereocenters. The third-order valence-corrected chi connectivity index (χ3v) is 3.23. The van der Waals surface area contributed by atoms with Crippen LogP contribution < -0.4 is 10.5 Å². The highest BCUT2D eigenvalue weighted by atomic mass is 16.5. The Labute approximate surface area is 119 Å². The lowest BCUT2D eigenvalue weighted by molar-refractivity contribution is 0.416. The van der Waals surface area contributed by atoms with Gasteiger partial charge in [0, 0.05) is 18.5 Å². The van der Waals surface area contributed by atoms with Crippen LogP contribution in [0.2, 0.25) is 0 Å². The first kappa shape index (κ1) is 14.2. The second kappa shape index (κ2) is 6.28. The minimum Gasteiger partial charge on any atom is -0.496 e. The highest BCUT2D eigenvalue weighted by molar-refractivity contribution is 5.76. The van der Waals surface area contributed by atoms with E-state index in [2.05, 4.69) is 13.5 Å². The molecule has 0 aliphatic carbocycles. The number of allylic oxidation sites excluding steroid dienone is 1. The molecule has 0 radical (unpaired) electrons. The smallest absolute Gasteiger partial charge is 0.132 e. The highest BCUT2D eigenvalue weighted by Gasteiger charge is 2.17. The Kier molecular flexibility index (Phi) is 4.45. The van der Waals surface area contributed by atoms with Gasteiger partial charge < -0.3 is 15.0 Å². The van der Waals surface area contributed by atoms with Crippen LogP contribution in [0.15, 0.2) is 36.9 Å². The number of anilines is 1. The Hall–Kier alpha value is -2.23. The molecule has 0 saturated heterocycles. The number of aryl methyl sites for hydroxylation is 1. The normalized spacial score (nSPS) is 10.5. The zero-order chi connectivity index (χ0) is 14.5. The van der Waals surface area contributed by atoms with Crippen molar-refractivity contribution >= 4 is 5.82 Å². The molecule has 0 saturated carbocycles. The van der Waals surface area contributed by atoms with Crippen molar-refractivity contribution in [1.29, 1.82) is 0 Å². The molecule has 0 bridgehead atoms. The first-order valence-corrected chi connectivity index (χ1v) is 6.82. The second-order valence-corrected chi connectivity index (χ2v) is 4.61. The highest BCUT2D eigenvalue weighted by Crippen LogP contribution is 2.33. The maximum atomic E-state index is 6.27. The van der Waals surface area contributed by atoms with Crippen LogP contribution >= 0.6 is 0 Å². The van der Waals surface area contributed by atoms with Gasteiger partial charge in [-0.3, -0.25) is 0 Å². The van der Waals surface area contributed by atoms with Gasteiger partial charge in [-0.1, -0.05) is 25.1 Å². The summed E-state index contributed by atoms with van der Waals surface area (Å²) in [6, 6.07) is 7.79. The van der Waals surface area contributed by atoms with Crippen molar-refractivity contribution in [1.82, 2.24) is 9.55 Å². The number of benzene rings is 1. The lowest BCUT2D eigenvalue weighted by Crippen LogP contribution is -2.05. The zero-order valence-corrected chi connectivity index (χ0v) is 12.1. The molecule has 4 heteroatoms. The van der Waals surface area contributed by atoms with Crippen molar-refractivity contribution in [2.24, 2.45) is 0 Å². The van der Waals surface area contributed by atoms with E-state index in [1.54, 1.807) is 7.11 Å². The number of rotatable bonds is 6. The molecule has 0 atom stereocenters. The molecule has 4 nitrogen and oxygen atoms in total. The predicted molar refractivity (Wildman–Crippen MR) is 82.8 cm³/mol. The summed E-state index contributed by atoms with van der Waals surface area (Å²) in [4.78, 5) is 4.71. The summed E-state index contributed by atoms with van der Waals surface area (Å²) in [5, 5.41) is 0. The molecule has 20 heavy (non-hydrogen) atoms. The Morgan fingerprint density at radius 3 is 2.80 bits per heavy atom. The Morgan fingerprint density at radius 1 is 1.40 bits per heavy atom. The number of nitrogens with zero attached hydrogens (tertiary/aromatic N) is 2. The van der Waals surface area contributed by atoms with Crippen LogP contribution in [-0.4, -0.2) is 16.7 Å². The fourth-order valence-electron chi connectivity index (χ4n) is 2.30. The summed E-state index contributed by atoms with van der Waals surface area (Å²) in [6.07, 6.45) is 3.76. The molecule has 0 spiro atoms. The fraction of sp³-hybridized carbons (Fsp3) is 0.312. The third kappa shape index (κ3) is 2.54. The van der Waals surface area contributed by atoms with Gasteiger partial charge in [-0.2, -0.15) is 0 Å². The van der Waals surface area contributed by atoms with Gasteiger partial charge >= 0.3 is 0 Å². The van der Waals surface area contributed by atoms with E-state index in [0.29, 0.717) is 12.4 Å². The maximum Gasteiger partial charge on any atom is 0.132 e. The van der Waals surface area contributed by atoms with E-state index in [1.165, 1.54) is 0 Å². The molecule has 2 rings (SSSR count). The van der Waals surface area contributed by atoms with E-state index in [-0.39, 0.29) is 0 Å². The second-order valence-electron chi connectivity index (χ2n) is 4.61. The topological polar surface area (TPSA) is 53.1 Å². The van der Waals surface area contributed by atoms with Crippen molar-refractivity contribution in [3.63, 3.8) is 0 Å². The van der Waals surface area contributed by atoms with Crippen LogP contribution in [0.3, 0.4) is 0 Å². The van der Waals surface area contributed by atoms with E-state index in [9.17, 15) is 0 Å². The first-order valence-electron chi connectivity index (χ1n) is 6.82.